The molecule has 0 radical (unpaired) electrons. The number of rotatable bonds is 4. The van der Waals surface area contributed by atoms with Crippen molar-refractivity contribution in [1.29, 1.82) is 0 Å². The van der Waals surface area contributed by atoms with Crippen LogP contribution in [0.2, 0.25) is 0 Å². The molecule has 23 heavy (non-hydrogen) atoms. The Labute approximate surface area is 136 Å². The molecule has 1 saturated heterocycles. The molecule has 5 nitrogen and oxygen atoms in total. The second-order valence-electron chi connectivity index (χ2n) is 5.65. The summed E-state index contributed by atoms with van der Waals surface area (Å²) in [5.41, 5.74) is 7.28. The number of aryl methyl sites for hydroxylation is 1. The van der Waals surface area contributed by atoms with Gasteiger partial charge in [0.1, 0.15) is 17.6 Å². The maximum atomic E-state index is 12.9. The SMILES string of the molecule is CCc1ccc(C2COCCN2C(=O)c2ccc(CN)cc2)o1. The lowest BCUT2D eigenvalue weighted by atomic mass is 10.1. The molecule has 1 atom stereocenters. The molecule has 1 aromatic heterocycles. The average Bonchev–Trinajstić information content (AvgIpc) is 3.10. The number of ether oxygens (including phenoxy) is 1. The van der Waals surface area contributed by atoms with E-state index in [0.717, 1.165) is 23.5 Å². The zero-order valence-electron chi connectivity index (χ0n) is 13.3. The van der Waals surface area contributed by atoms with Crippen molar-refractivity contribution in [3.8, 4) is 0 Å². The number of nitrogens with zero attached hydrogens (tertiary/aromatic N) is 1. The fourth-order valence-corrected chi connectivity index (χ4v) is 2.80. The van der Waals surface area contributed by atoms with Crippen LogP contribution >= 0.6 is 0 Å². The number of nitrogens with two attached hydrogens (primary N) is 1. The first-order valence-corrected chi connectivity index (χ1v) is 7.99. The minimum Gasteiger partial charge on any atom is -0.464 e. The van der Waals surface area contributed by atoms with E-state index in [0.29, 0.717) is 31.9 Å². The van der Waals surface area contributed by atoms with Crippen molar-refractivity contribution in [3.05, 3.63) is 59.0 Å². The summed E-state index contributed by atoms with van der Waals surface area (Å²) in [5, 5.41) is 0. The first-order valence-electron chi connectivity index (χ1n) is 7.99. The third-order valence-electron chi connectivity index (χ3n) is 4.19. The first kappa shape index (κ1) is 15.8. The standard InChI is InChI=1S/C18H22N2O3/c1-2-15-7-8-17(23-15)16-12-22-10-9-20(16)18(21)14-5-3-13(11-19)4-6-14/h3-8,16H,2,9-12,19H2,1H3. The first-order chi connectivity index (χ1) is 11.2. The van der Waals surface area contributed by atoms with Gasteiger partial charge >= 0.3 is 0 Å². The topological polar surface area (TPSA) is 68.7 Å². The molecule has 2 aromatic rings. The van der Waals surface area contributed by atoms with E-state index in [4.69, 9.17) is 14.9 Å². The summed E-state index contributed by atoms with van der Waals surface area (Å²) in [6.07, 6.45) is 0.835. The smallest absolute Gasteiger partial charge is 0.254 e. The van der Waals surface area contributed by atoms with Gasteiger partial charge in [-0.3, -0.25) is 4.79 Å². The molecule has 1 aliphatic rings. The molecule has 1 amide bonds. The Bertz CT molecular complexity index is 663. The molecule has 2 heterocycles. The predicted octanol–water partition coefficient (Wildman–Crippen LogP) is 2.51. The number of hydrogen-bond acceptors (Lipinski definition) is 4. The van der Waals surface area contributed by atoms with E-state index in [9.17, 15) is 4.79 Å². The number of amides is 1. The molecule has 1 aliphatic heterocycles. The highest BCUT2D eigenvalue weighted by molar-refractivity contribution is 5.94. The van der Waals surface area contributed by atoms with Gasteiger partial charge in [0.15, 0.2) is 0 Å². The monoisotopic (exact) mass is 314 g/mol. The molecule has 5 heteroatoms. The van der Waals surface area contributed by atoms with Crippen LogP contribution in [0.25, 0.3) is 0 Å². The predicted molar refractivity (Wildman–Crippen MR) is 87.0 cm³/mol. The Balaban J connectivity index is 1.83. The molecule has 0 aliphatic carbocycles. The highest BCUT2D eigenvalue weighted by Gasteiger charge is 2.31. The van der Waals surface area contributed by atoms with Gasteiger partial charge in [-0.15, -0.1) is 0 Å². The van der Waals surface area contributed by atoms with E-state index in [2.05, 4.69) is 0 Å². The molecule has 2 N–H and O–H groups in total. The van der Waals surface area contributed by atoms with Crippen LogP contribution in [-0.4, -0.2) is 30.6 Å². The van der Waals surface area contributed by atoms with Gasteiger partial charge in [-0.1, -0.05) is 19.1 Å². The number of hydrogen-bond donors (Lipinski definition) is 1. The molecule has 0 spiro atoms. The average molecular weight is 314 g/mol. The second kappa shape index (κ2) is 6.98. The van der Waals surface area contributed by atoms with Gasteiger partial charge < -0.3 is 19.8 Å². The number of carbonyl (C=O) groups is 1. The maximum absolute atomic E-state index is 12.9. The van der Waals surface area contributed by atoms with Gasteiger partial charge in [-0.05, 0) is 29.8 Å². The van der Waals surface area contributed by atoms with E-state index >= 15 is 0 Å². The number of furan rings is 1. The van der Waals surface area contributed by atoms with Crippen molar-refractivity contribution in [3.63, 3.8) is 0 Å². The number of benzene rings is 1. The van der Waals surface area contributed by atoms with Crippen molar-refractivity contribution >= 4 is 5.91 Å². The quantitative estimate of drug-likeness (QED) is 0.941. The molecule has 0 bridgehead atoms. The summed E-state index contributed by atoms with van der Waals surface area (Å²) in [7, 11) is 0. The van der Waals surface area contributed by atoms with Gasteiger partial charge in [0, 0.05) is 25.1 Å². The van der Waals surface area contributed by atoms with Crippen LogP contribution in [0, 0.1) is 0 Å². The number of morpholine rings is 1. The van der Waals surface area contributed by atoms with Crippen molar-refractivity contribution in [2.24, 2.45) is 5.73 Å². The van der Waals surface area contributed by atoms with E-state index in [-0.39, 0.29) is 11.9 Å². The molecule has 1 aromatic carbocycles. The molecule has 3 rings (SSSR count). The van der Waals surface area contributed by atoms with Crippen LogP contribution < -0.4 is 5.73 Å². The van der Waals surface area contributed by atoms with Crippen molar-refractivity contribution in [2.45, 2.75) is 25.9 Å². The van der Waals surface area contributed by atoms with E-state index in [1.165, 1.54) is 0 Å². The third kappa shape index (κ3) is 3.30. The minimum atomic E-state index is -0.175. The molecular formula is C18H22N2O3. The second-order valence-corrected chi connectivity index (χ2v) is 5.65. The summed E-state index contributed by atoms with van der Waals surface area (Å²) in [4.78, 5) is 14.7. The lowest BCUT2D eigenvalue weighted by molar-refractivity contribution is -0.00901. The van der Waals surface area contributed by atoms with Crippen molar-refractivity contribution in [1.82, 2.24) is 4.90 Å². The Morgan fingerprint density at radius 1 is 1.26 bits per heavy atom. The fourth-order valence-electron chi connectivity index (χ4n) is 2.80. The van der Waals surface area contributed by atoms with Crippen LogP contribution in [0.15, 0.2) is 40.8 Å². The van der Waals surface area contributed by atoms with Crippen LogP contribution in [-0.2, 0) is 17.7 Å². The van der Waals surface area contributed by atoms with Crippen LogP contribution in [0.5, 0.6) is 0 Å². The Hall–Kier alpha value is -2.11. The third-order valence-corrected chi connectivity index (χ3v) is 4.19. The van der Waals surface area contributed by atoms with E-state index in [1.807, 2.05) is 48.2 Å². The Kier molecular flexibility index (Phi) is 4.79. The van der Waals surface area contributed by atoms with Crippen LogP contribution in [0.1, 0.15) is 40.4 Å². The van der Waals surface area contributed by atoms with Crippen molar-refractivity contribution in [2.75, 3.05) is 19.8 Å². The maximum Gasteiger partial charge on any atom is 0.254 e. The zero-order valence-corrected chi connectivity index (χ0v) is 13.3. The summed E-state index contributed by atoms with van der Waals surface area (Å²) in [6, 6.07) is 11.2. The van der Waals surface area contributed by atoms with Gasteiger partial charge in [-0.2, -0.15) is 0 Å². The van der Waals surface area contributed by atoms with E-state index < -0.39 is 0 Å². The summed E-state index contributed by atoms with van der Waals surface area (Å²) < 4.78 is 11.4. The summed E-state index contributed by atoms with van der Waals surface area (Å²) in [5.74, 6) is 1.70. The minimum absolute atomic E-state index is 0.00341. The molecule has 1 unspecified atom stereocenters. The Morgan fingerprint density at radius 2 is 2.04 bits per heavy atom. The lowest BCUT2D eigenvalue weighted by Crippen LogP contribution is -2.43. The van der Waals surface area contributed by atoms with Crippen LogP contribution in [0.4, 0.5) is 0 Å². The molecule has 0 saturated carbocycles. The molecule has 122 valence electrons. The zero-order chi connectivity index (χ0) is 16.2. The fraction of sp³-hybridized carbons (Fsp3) is 0.389. The van der Waals surface area contributed by atoms with Gasteiger partial charge in [0.2, 0.25) is 0 Å². The highest BCUT2D eigenvalue weighted by atomic mass is 16.5. The normalized spacial score (nSPS) is 18.2. The molecule has 1 fully saturated rings. The summed E-state index contributed by atoms with van der Waals surface area (Å²) >= 11 is 0. The van der Waals surface area contributed by atoms with Gasteiger partial charge in [0.05, 0.1) is 13.2 Å². The highest BCUT2D eigenvalue weighted by Crippen LogP contribution is 2.27. The van der Waals surface area contributed by atoms with E-state index in [1.54, 1.807) is 0 Å². The summed E-state index contributed by atoms with van der Waals surface area (Å²) in [6.45, 7) is 4.08. The Morgan fingerprint density at radius 3 is 2.70 bits per heavy atom. The van der Waals surface area contributed by atoms with Crippen LogP contribution in [0.3, 0.4) is 0 Å². The van der Waals surface area contributed by atoms with Gasteiger partial charge in [-0.25, -0.2) is 0 Å². The number of carbonyl (C=O) groups excluding carboxylic acids is 1. The largest absolute Gasteiger partial charge is 0.464 e. The molecular weight excluding hydrogens is 292 g/mol. The lowest BCUT2D eigenvalue weighted by Gasteiger charge is -2.34. The van der Waals surface area contributed by atoms with Gasteiger partial charge in [0.25, 0.3) is 5.91 Å². The van der Waals surface area contributed by atoms with Crippen molar-refractivity contribution < 1.29 is 13.9 Å².